The SMILES string of the molecule is O=C(N1CC(c2ncn[nH]2)C1)N1CC2(CCC(Cc3ccc(Cl)cn3)CC2)C1. The van der Waals surface area contributed by atoms with Crippen LogP contribution < -0.4 is 0 Å². The molecule has 0 unspecified atom stereocenters. The lowest BCUT2D eigenvalue weighted by atomic mass is 9.65. The predicted molar refractivity (Wildman–Crippen MR) is 105 cm³/mol. The van der Waals surface area contributed by atoms with Crippen molar-refractivity contribution in [2.75, 3.05) is 26.2 Å². The summed E-state index contributed by atoms with van der Waals surface area (Å²) in [7, 11) is 0. The van der Waals surface area contributed by atoms with Crippen molar-refractivity contribution in [1.82, 2.24) is 30.0 Å². The normalized spacial score (nSPS) is 22.2. The fourth-order valence-corrected chi connectivity index (χ4v) is 5.06. The van der Waals surface area contributed by atoms with E-state index in [-0.39, 0.29) is 6.03 Å². The zero-order valence-electron chi connectivity index (χ0n) is 15.9. The Labute approximate surface area is 169 Å². The molecule has 2 amide bonds. The largest absolute Gasteiger partial charge is 0.323 e. The number of rotatable bonds is 3. The van der Waals surface area contributed by atoms with Crippen LogP contribution in [0.5, 0.6) is 0 Å². The lowest BCUT2D eigenvalue weighted by molar-refractivity contribution is -0.0266. The average molecular weight is 401 g/mol. The molecule has 4 heterocycles. The molecule has 2 saturated heterocycles. The first-order chi connectivity index (χ1) is 13.6. The molecule has 0 bridgehead atoms. The van der Waals surface area contributed by atoms with E-state index >= 15 is 0 Å². The second-order valence-electron chi connectivity index (χ2n) is 8.73. The van der Waals surface area contributed by atoms with Gasteiger partial charge >= 0.3 is 6.03 Å². The van der Waals surface area contributed by atoms with Crippen molar-refractivity contribution in [3.63, 3.8) is 0 Å². The molecule has 8 heteroatoms. The van der Waals surface area contributed by atoms with Gasteiger partial charge in [-0.1, -0.05) is 11.6 Å². The summed E-state index contributed by atoms with van der Waals surface area (Å²) in [6.45, 7) is 3.32. The van der Waals surface area contributed by atoms with E-state index in [1.165, 1.54) is 32.0 Å². The topological polar surface area (TPSA) is 78.0 Å². The zero-order valence-corrected chi connectivity index (χ0v) is 16.6. The highest BCUT2D eigenvalue weighted by Crippen LogP contribution is 2.46. The first-order valence-electron chi connectivity index (χ1n) is 10.1. The summed E-state index contributed by atoms with van der Waals surface area (Å²) in [4.78, 5) is 25.3. The van der Waals surface area contributed by atoms with Crippen molar-refractivity contribution in [1.29, 1.82) is 0 Å². The molecule has 1 N–H and O–H groups in total. The highest BCUT2D eigenvalue weighted by atomic mass is 35.5. The van der Waals surface area contributed by atoms with Gasteiger partial charge in [-0.3, -0.25) is 10.1 Å². The first-order valence-corrected chi connectivity index (χ1v) is 10.5. The number of amides is 2. The van der Waals surface area contributed by atoms with Crippen LogP contribution in [0.4, 0.5) is 4.79 Å². The van der Waals surface area contributed by atoms with Crippen LogP contribution in [-0.4, -0.2) is 62.2 Å². The number of aromatic amines is 1. The molecular weight excluding hydrogens is 376 g/mol. The third-order valence-electron chi connectivity index (χ3n) is 6.75. The molecule has 2 aromatic heterocycles. The van der Waals surface area contributed by atoms with E-state index in [0.717, 1.165) is 44.1 Å². The van der Waals surface area contributed by atoms with Crippen LogP contribution in [0.2, 0.25) is 5.02 Å². The van der Waals surface area contributed by atoms with E-state index in [2.05, 4.69) is 20.2 Å². The summed E-state index contributed by atoms with van der Waals surface area (Å²) in [6, 6.07) is 4.15. The van der Waals surface area contributed by atoms with Crippen molar-refractivity contribution in [2.24, 2.45) is 11.3 Å². The smallest absolute Gasteiger partial charge is 0.320 e. The number of pyridine rings is 1. The Kier molecular flexibility index (Phi) is 4.50. The summed E-state index contributed by atoms with van der Waals surface area (Å²) in [6.07, 6.45) is 9.18. The summed E-state index contributed by atoms with van der Waals surface area (Å²) < 4.78 is 0. The highest BCUT2D eigenvalue weighted by molar-refractivity contribution is 6.30. The lowest BCUT2D eigenvalue weighted by Gasteiger charge is -2.55. The highest BCUT2D eigenvalue weighted by Gasteiger charge is 2.49. The fourth-order valence-electron chi connectivity index (χ4n) is 4.95. The number of likely N-dealkylation sites (tertiary alicyclic amines) is 2. The molecule has 0 atom stereocenters. The Hall–Kier alpha value is -2.15. The van der Waals surface area contributed by atoms with Gasteiger partial charge in [-0.15, -0.1) is 0 Å². The van der Waals surface area contributed by atoms with Crippen LogP contribution in [0, 0.1) is 11.3 Å². The van der Waals surface area contributed by atoms with E-state index in [1.807, 2.05) is 21.9 Å². The number of H-pyrrole nitrogens is 1. The minimum atomic E-state index is 0.189. The Morgan fingerprint density at radius 1 is 1.18 bits per heavy atom. The van der Waals surface area contributed by atoms with Crippen LogP contribution in [0.1, 0.15) is 43.1 Å². The maximum absolute atomic E-state index is 12.7. The van der Waals surface area contributed by atoms with Crippen LogP contribution in [-0.2, 0) is 6.42 Å². The molecule has 7 nitrogen and oxygen atoms in total. The lowest BCUT2D eigenvalue weighted by Crippen LogP contribution is -2.64. The Bertz CT molecular complexity index is 817. The van der Waals surface area contributed by atoms with Crippen LogP contribution in [0.3, 0.4) is 0 Å². The third kappa shape index (κ3) is 3.36. The second kappa shape index (κ2) is 7.03. The number of hydrogen-bond donors (Lipinski definition) is 1. The number of nitrogens with zero attached hydrogens (tertiary/aromatic N) is 5. The average Bonchev–Trinajstić information content (AvgIpc) is 3.15. The van der Waals surface area contributed by atoms with Crippen LogP contribution >= 0.6 is 11.6 Å². The van der Waals surface area contributed by atoms with Gasteiger partial charge in [0.05, 0.1) is 10.9 Å². The van der Waals surface area contributed by atoms with Gasteiger partial charge < -0.3 is 9.80 Å². The fraction of sp³-hybridized carbons (Fsp3) is 0.600. The number of aromatic nitrogens is 4. The van der Waals surface area contributed by atoms with Gasteiger partial charge in [0.1, 0.15) is 12.2 Å². The Balaban J connectivity index is 1.07. The van der Waals surface area contributed by atoms with Crippen molar-refractivity contribution in [3.8, 4) is 0 Å². The Morgan fingerprint density at radius 2 is 1.96 bits per heavy atom. The zero-order chi connectivity index (χ0) is 19.1. The second-order valence-corrected chi connectivity index (χ2v) is 9.16. The van der Waals surface area contributed by atoms with Crippen LogP contribution in [0.15, 0.2) is 24.7 Å². The monoisotopic (exact) mass is 400 g/mol. The molecule has 1 aliphatic carbocycles. The minimum absolute atomic E-state index is 0.189. The molecule has 1 spiro atoms. The number of carbonyl (C=O) groups excluding carboxylic acids is 1. The molecule has 3 aliphatic rings. The molecule has 28 heavy (non-hydrogen) atoms. The third-order valence-corrected chi connectivity index (χ3v) is 6.97. The maximum Gasteiger partial charge on any atom is 0.320 e. The van der Waals surface area contributed by atoms with E-state index in [4.69, 9.17) is 11.6 Å². The van der Waals surface area contributed by atoms with Gasteiger partial charge in [-0.2, -0.15) is 5.10 Å². The minimum Gasteiger partial charge on any atom is -0.323 e. The Morgan fingerprint density at radius 3 is 2.61 bits per heavy atom. The van der Waals surface area contributed by atoms with Gasteiger partial charge in [0.2, 0.25) is 0 Å². The predicted octanol–water partition coefficient (Wildman–Crippen LogP) is 3.11. The number of nitrogens with one attached hydrogen (secondary N) is 1. The van der Waals surface area contributed by atoms with E-state index < -0.39 is 0 Å². The number of hydrogen-bond acceptors (Lipinski definition) is 4. The molecule has 148 valence electrons. The molecule has 5 rings (SSSR count). The van der Waals surface area contributed by atoms with Crippen molar-refractivity contribution < 1.29 is 4.79 Å². The quantitative estimate of drug-likeness (QED) is 0.858. The van der Waals surface area contributed by atoms with Gasteiger partial charge in [0, 0.05) is 43.5 Å². The molecule has 2 aliphatic heterocycles. The molecule has 2 aromatic rings. The van der Waals surface area contributed by atoms with E-state index in [0.29, 0.717) is 22.3 Å². The summed E-state index contributed by atoms with van der Waals surface area (Å²) >= 11 is 5.92. The van der Waals surface area contributed by atoms with Crippen molar-refractivity contribution in [2.45, 2.75) is 38.0 Å². The van der Waals surface area contributed by atoms with Gasteiger partial charge in [-0.25, -0.2) is 9.78 Å². The molecular formula is C20H25ClN6O. The van der Waals surface area contributed by atoms with Gasteiger partial charge in [0.15, 0.2) is 0 Å². The van der Waals surface area contributed by atoms with Gasteiger partial charge in [-0.05, 0) is 50.2 Å². The summed E-state index contributed by atoms with van der Waals surface area (Å²) in [5.74, 6) is 1.89. The summed E-state index contributed by atoms with van der Waals surface area (Å²) in [5.41, 5.74) is 1.49. The van der Waals surface area contributed by atoms with Crippen molar-refractivity contribution >= 4 is 17.6 Å². The van der Waals surface area contributed by atoms with Crippen LogP contribution in [0.25, 0.3) is 0 Å². The number of halogens is 1. The summed E-state index contributed by atoms with van der Waals surface area (Å²) in [5, 5.41) is 7.49. The molecule has 1 saturated carbocycles. The first kappa shape index (κ1) is 17.9. The maximum atomic E-state index is 12.7. The molecule has 3 fully saturated rings. The van der Waals surface area contributed by atoms with E-state index in [9.17, 15) is 4.79 Å². The number of urea groups is 1. The standard InChI is InChI=1S/C20H25ClN6O/c21-16-1-2-17(22-8-16)7-14-3-5-20(6-4-14)11-27(12-20)19(28)26-9-15(10-26)18-23-13-24-25-18/h1-2,8,13-15H,3-7,9-12H2,(H,23,24,25). The van der Waals surface area contributed by atoms with Crippen molar-refractivity contribution in [3.05, 3.63) is 41.2 Å². The number of carbonyl (C=O) groups is 1. The van der Waals surface area contributed by atoms with E-state index in [1.54, 1.807) is 6.20 Å². The molecule has 0 radical (unpaired) electrons. The molecule has 0 aromatic carbocycles. The van der Waals surface area contributed by atoms with Gasteiger partial charge in [0.25, 0.3) is 0 Å².